The van der Waals surface area contributed by atoms with Gasteiger partial charge in [-0.25, -0.2) is 12.7 Å². The Labute approximate surface area is 183 Å². The summed E-state index contributed by atoms with van der Waals surface area (Å²) in [6.07, 6.45) is 1.51. The van der Waals surface area contributed by atoms with E-state index in [0.29, 0.717) is 38.4 Å². The number of ether oxygens (including phenoxy) is 1. The second kappa shape index (κ2) is 8.18. The van der Waals surface area contributed by atoms with Gasteiger partial charge in [-0.15, -0.1) is 0 Å². The molecule has 3 saturated heterocycles. The summed E-state index contributed by atoms with van der Waals surface area (Å²) in [7, 11) is -1.87. The van der Waals surface area contributed by atoms with Crippen molar-refractivity contribution in [3.05, 3.63) is 17.5 Å². The Balaban J connectivity index is 1.58. The first-order valence-electron chi connectivity index (χ1n) is 10.8. The molecule has 3 aliphatic rings. The first-order valence-corrected chi connectivity index (χ1v) is 12.6. The second-order valence-electron chi connectivity index (χ2n) is 9.05. The summed E-state index contributed by atoms with van der Waals surface area (Å²) >= 11 is 0. The van der Waals surface area contributed by atoms with Gasteiger partial charge >= 0.3 is 0 Å². The molecule has 0 N–H and O–H groups in total. The quantitative estimate of drug-likeness (QED) is 0.614. The van der Waals surface area contributed by atoms with Crippen LogP contribution in [0.3, 0.4) is 0 Å². The number of hydrogen-bond acceptors (Lipinski definition) is 7. The average molecular weight is 454 g/mol. The molecule has 3 atom stereocenters. The predicted molar refractivity (Wildman–Crippen MR) is 113 cm³/mol. The van der Waals surface area contributed by atoms with Crippen molar-refractivity contribution < 1.29 is 22.7 Å². The lowest BCUT2D eigenvalue weighted by Crippen LogP contribution is -2.44. The molecule has 3 aliphatic heterocycles. The number of hydrogen-bond donors (Lipinski definition) is 0. The Morgan fingerprint density at radius 3 is 2.55 bits per heavy atom. The van der Waals surface area contributed by atoms with Crippen LogP contribution < -0.4 is 0 Å². The van der Waals surface area contributed by atoms with Crippen molar-refractivity contribution in [2.24, 2.45) is 18.9 Å². The van der Waals surface area contributed by atoms with Crippen LogP contribution in [0.1, 0.15) is 36.5 Å². The molecule has 172 valence electrons. The van der Waals surface area contributed by atoms with E-state index in [4.69, 9.17) is 4.74 Å². The van der Waals surface area contributed by atoms with E-state index in [2.05, 4.69) is 10.00 Å². The van der Waals surface area contributed by atoms with E-state index in [0.717, 1.165) is 29.3 Å². The number of sulfonamides is 1. The van der Waals surface area contributed by atoms with Crippen molar-refractivity contribution in [3.63, 3.8) is 0 Å². The number of carbonyl (C=O) groups is 2. The summed E-state index contributed by atoms with van der Waals surface area (Å²) in [5.41, 5.74) is 1.26. The lowest BCUT2D eigenvalue weighted by molar-refractivity contribution is -0.129. The van der Waals surface area contributed by atoms with Gasteiger partial charge in [0.15, 0.2) is 5.69 Å². The first-order chi connectivity index (χ1) is 14.6. The minimum Gasteiger partial charge on any atom is -0.379 e. The van der Waals surface area contributed by atoms with Crippen LogP contribution in [0, 0.1) is 11.8 Å². The van der Waals surface area contributed by atoms with Gasteiger partial charge in [-0.1, -0.05) is 13.8 Å². The van der Waals surface area contributed by atoms with Gasteiger partial charge in [0.1, 0.15) is 0 Å². The second-order valence-corrected chi connectivity index (χ2v) is 10.9. The molecule has 4 rings (SSSR count). The molecule has 10 nitrogen and oxygen atoms in total. The average Bonchev–Trinajstić information content (AvgIpc) is 3.33. The van der Waals surface area contributed by atoms with Gasteiger partial charge in [0.05, 0.1) is 43.2 Å². The first kappa shape index (κ1) is 22.2. The Hall–Kier alpha value is -1.98. The maximum absolute atomic E-state index is 13.4. The van der Waals surface area contributed by atoms with E-state index in [1.807, 2.05) is 20.9 Å². The molecule has 0 aliphatic carbocycles. The highest BCUT2D eigenvalue weighted by molar-refractivity contribution is 7.88. The molecule has 0 aromatic carbocycles. The molecule has 1 aromatic heterocycles. The molecule has 3 fully saturated rings. The Bertz CT molecular complexity index is 969. The molecule has 0 unspecified atom stereocenters. The van der Waals surface area contributed by atoms with E-state index < -0.39 is 33.9 Å². The summed E-state index contributed by atoms with van der Waals surface area (Å²) < 4.78 is 32.7. The Kier molecular flexibility index (Phi) is 5.86. The third kappa shape index (κ3) is 3.98. The van der Waals surface area contributed by atoms with Gasteiger partial charge in [-0.2, -0.15) is 5.10 Å². The monoisotopic (exact) mass is 453 g/mol. The largest absolute Gasteiger partial charge is 0.379 e. The van der Waals surface area contributed by atoms with Gasteiger partial charge in [0.25, 0.3) is 5.91 Å². The van der Waals surface area contributed by atoms with Crippen LogP contribution in [-0.4, -0.2) is 95.3 Å². The molecule has 11 heteroatoms. The van der Waals surface area contributed by atoms with Crippen molar-refractivity contribution in [1.82, 2.24) is 23.9 Å². The number of likely N-dealkylation sites (tertiary alicyclic amines) is 1. The number of carbonyl (C=O) groups excluding carboxylic acids is 2. The van der Waals surface area contributed by atoms with Gasteiger partial charge in [0.2, 0.25) is 15.9 Å². The van der Waals surface area contributed by atoms with Crippen molar-refractivity contribution in [2.75, 3.05) is 39.1 Å². The maximum Gasteiger partial charge on any atom is 0.274 e. The molecular formula is C20H31N5O5S. The molecule has 31 heavy (non-hydrogen) atoms. The van der Waals surface area contributed by atoms with Crippen LogP contribution in [0.5, 0.6) is 0 Å². The van der Waals surface area contributed by atoms with E-state index in [1.54, 1.807) is 15.6 Å². The van der Waals surface area contributed by atoms with Crippen molar-refractivity contribution >= 4 is 21.8 Å². The molecular weight excluding hydrogens is 422 g/mol. The highest BCUT2D eigenvalue weighted by Crippen LogP contribution is 2.41. The van der Waals surface area contributed by atoms with Crippen LogP contribution >= 0.6 is 0 Å². The number of morpholine rings is 1. The molecule has 0 spiro atoms. The number of amides is 2. The van der Waals surface area contributed by atoms with Crippen LogP contribution in [0.25, 0.3) is 0 Å². The maximum atomic E-state index is 13.4. The fraction of sp³-hybridized carbons (Fsp3) is 0.750. The fourth-order valence-electron chi connectivity index (χ4n) is 5.16. The fourth-order valence-corrected chi connectivity index (χ4v) is 6.33. The molecule has 0 radical (unpaired) electrons. The van der Waals surface area contributed by atoms with E-state index in [1.165, 1.54) is 0 Å². The smallest absolute Gasteiger partial charge is 0.274 e. The van der Waals surface area contributed by atoms with Crippen LogP contribution in [0.15, 0.2) is 6.07 Å². The van der Waals surface area contributed by atoms with Crippen LogP contribution in [0.2, 0.25) is 0 Å². The zero-order valence-corrected chi connectivity index (χ0v) is 19.3. The van der Waals surface area contributed by atoms with Crippen molar-refractivity contribution in [1.29, 1.82) is 0 Å². The molecule has 1 aromatic rings. The number of rotatable bonds is 5. The summed E-state index contributed by atoms with van der Waals surface area (Å²) in [6.45, 7) is 7.95. The third-order valence-electron chi connectivity index (χ3n) is 6.61. The van der Waals surface area contributed by atoms with Crippen LogP contribution in [-0.2, 0) is 33.1 Å². The third-order valence-corrected chi connectivity index (χ3v) is 7.78. The normalized spacial score (nSPS) is 27.4. The standard InChI is InChI=1S/C20H31N5O5S/c1-13(2)17-18-16(25(20(17)27)31(4,28)29)5-6-24(18)19(26)15-11-14(22(3)21-15)12-23-7-9-30-10-8-23/h11,13,16-18H,5-10,12H2,1-4H3/t16-,17+,18-/m0/s1. The number of fused-ring (bicyclic) bond motifs is 1. The number of aryl methyl sites for hydroxylation is 1. The molecule has 0 saturated carbocycles. The van der Waals surface area contributed by atoms with Gasteiger partial charge in [0, 0.05) is 33.2 Å². The summed E-state index contributed by atoms with van der Waals surface area (Å²) in [5.74, 6) is -1.27. The van der Waals surface area contributed by atoms with Crippen LogP contribution in [0.4, 0.5) is 0 Å². The van der Waals surface area contributed by atoms with E-state index in [-0.39, 0.29) is 11.8 Å². The minimum atomic E-state index is -3.69. The SMILES string of the molecule is CC(C)[C@H]1C(=O)N(S(C)(=O)=O)[C@H]2CCN(C(=O)c3cc(CN4CCOCC4)n(C)n3)[C@H]12. The topological polar surface area (TPSA) is 105 Å². The highest BCUT2D eigenvalue weighted by atomic mass is 32.2. The zero-order chi connectivity index (χ0) is 22.5. The Morgan fingerprint density at radius 1 is 1.26 bits per heavy atom. The predicted octanol–water partition coefficient (Wildman–Crippen LogP) is -0.0906. The molecule has 4 heterocycles. The van der Waals surface area contributed by atoms with Gasteiger partial charge in [-0.05, 0) is 18.4 Å². The molecule has 0 bridgehead atoms. The lowest BCUT2D eigenvalue weighted by atomic mass is 9.88. The number of nitrogens with zero attached hydrogens (tertiary/aromatic N) is 5. The summed E-state index contributed by atoms with van der Waals surface area (Å²) in [6, 6.07) is 0.843. The van der Waals surface area contributed by atoms with Crippen molar-refractivity contribution in [2.45, 2.75) is 38.9 Å². The number of aromatic nitrogens is 2. The Morgan fingerprint density at radius 2 is 1.94 bits per heavy atom. The summed E-state index contributed by atoms with van der Waals surface area (Å²) in [4.78, 5) is 30.3. The van der Waals surface area contributed by atoms with E-state index >= 15 is 0 Å². The van der Waals surface area contributed by atoms with Gasteiger partial charge in [-0.3, -0.25) is 19.2 Å². The molecule has 2 amide bonds. The summed E-state index contributed by atoms with van der Waals surface area (Å²) in [5, 5.41) is 4.44. The van der Waals surface area contributed by atoms with E-state index in [9.17, 15) is 18.0 Å². The highest BCUT2D eigenvalue weighted by Gasteiger charge is 2.58. The van der Waals surface area contributed by atoms with Gasteiger partial charge < -0.3 is 9.64 Å². The lowest BCUT2D eigenvalue weighted by Gasteiger charge is -2.28. The minimum absolute atomic E-state index is 0.0826. The van der Waals surface area contributed by atoms with Crippen molar-refractivity contribution in [3.8, 4) is 0 Å². The zero-order valence-electron chi connectivity index (χ0n) is 18.5.